The number of anilines is 3. The molecule has 8 amide bonds. The van der Waals surface area contributed by atoms with Crippen molar-refractivity contribution in [2.75, 3.05) is 62.2 Å². The summed E-state index contributed by atoms with van der Waals surface area (Å²) in [5.41, 5.74) is 5.13. The summed E-state index contributed by atoms with van der Waals surface area (Å²) in [6.45, 7) is 5.86. The summed E-state index contributed by atoms with van der Waals surface area (Å²) in [6, 6.07) is 24.8. The van der Waals surface area contributed by atoms with Gasteiger partial charge < -0.3 is 64.8 Å². The number of nitrogens with one attached hydrogen (secondary N) is 4. The van der Waals surface area contributed by atoms with Gasteiger partial charge in [-0.3, -0.25) is 43.3 Å². The molecule has 5 aromatic rings. The standard InChI is InChI=1S/C73H79N9O15/c1-43(2)65(78-63(85)38-75-62(84)23-21-51(83)22-24-64(86)79-39-48-13-7-6-11-46(48)17-18-47-12-8-9-14-55(47)79)67(88)76-44(3)66(87)77-49-19-15-45(16-20-49)40-97-71(92)82-56-34-61(59(94-5)32-53(56)69(90)81-42-73(27-28-73)36-57(81)70(82)91)96-30-10-29-95-60-33-54-52(31-58(60)93-4)68(89)80-41-72(25-26-72)35-50(80)37-74-54/h6-9,11-16,19-20,31-34,37,43-44,50,57,65,70,91H,10,21-30,35-36,38-42H2,1-5H3,(H,75,84)(H,76,88)(H,77,87)(H,78,85)/t44-,50-,57-,65-,70?/m0/s1. The SMILES string of the molecule is COc1cc2c(cc1OCCCOc1cc3c(cc1OC)C(=O)N1CC4(CC4)C[C@H]1C(O)N3C(=O)OCc1ccc(NC(=O)[C@H](C)NC(=O)[C@@H](NC(=O)CNC(=O)CCC(=O)CCC(=O)N3Cc4ccccc4C#Cc4ccccc43)C(C)C)cc1)N=C[C@@H]1CC3(CC3)CN1C2=O. The maximum atomic E-state index is 14.5. The Kier molecular flexibility index (Phi) is 19.4. The van der Waals surface area contributed by atoms with E-state index in [9.17, 15) is 48.3 Å². The van der Waals surface area contributed by atoms with Crippen LogP contribution < -0.4 is 50.0 Å². The number of benzene rings is 5. The summed E-state index contributed by atoms with van der Waals surface area (Å²) in [5, 5.41) is 22.7. The molecule has 24 nitrogen and oxygen atoms in total. The number of para-hydroxylation sites is 1. The van der Waals surface area contributed by atoms with E-state index in [2.05, 4.69) is 33.1 Å². The lowest BCUT2D eigenvalue weighted by Crippen LogP contribution is -2.55. The minimum absolute atomic E-state index is 0.0463. The second kappa shape index (κ2) is 28.2. The average Bonchev–Trinajstić information content (AvgIpc) is 1.58. The number of amides is 8. The van der Waals surface area contributed by atoms with Crippen molar-refractivity contribution in [1.82, 2.24) is 25.8 Å². The maximum absolute atomic E-state index is 14.5. The molecule has 5 N–H and O–H groups in total. The van der Waals surface area contributed by atoms with Crippen LogP contribution in [0.3, 0.4) is 0 Å². The van der Waals surface area contributed by atoms with E-state index < -0.39 is 66.5 Å². The van der Waals surface area contributed by atoms with Crippen LogP contribution >= 0.6 is 0 Å². The van der Waals surface area contributed by atoms with Gasteiger partial charge in [0.15, 0.2) is 29.2 Å². The predicted octanol–water partition coefficient (Wildman–Crippen LogP) is 7.51. The summed E-state index contributed by atoms with van der Waals surface area (Å²) in [5.74, 6) is 3.66. The molecule has 2 saturated carbocycles. The molecule has 7 aliphatic rings. The number of aliphatic hydroxyl groups is 1. The van der Waals surface area contributed by atoms with Crippen molar-refractivity contribution >= 4 is 82.2 Å². The first-order chi connectivity index (χ1) is 46.7. The van der Waals surface area contributed by atoms with E-state index in [1.165, 1.54) is 33.3 Å². The van der Waals surface area contributed by atoms with Crippen molar-refractivity contribution in [2.45, 2.75) is 135 Å². The van der Waals surface area contributed by atoms with Gasteiger partial charge in [-0.2, -0.15) is 0 Å². The molecule has 5 heterocycles. The van der Waals surface area contributed by atoms with E-state index in [-0.39, 0.29) is 115 Å². The van der Waals surface area contributed by atoms with Gasteiger partial charge in [-0.15, -0.1) is 0 Å². The quantitative estimate of drug-likeness (QED) is 0.0295. The molecule has 4 fully saturated rings. The minimum Gasteiger partial charge on any atom is -0.493 e. The largest absolute Gasteiger partial charge is 0.493 e. The van der Waals surface area contributed by atoms with Gasteiger partial charge in [-0.05, 0) is 116 Å². The van der Waals surface area contributed by atoms with Gasteiger partial charge in [0.1, 0.15) is 24.5 Å². The first kappa shape index (κ1) is 66.7. The number of ether oxygens (including phenoxy) is 5. The van der Waals surface area contributed by atoms with Crippen LogP contribution in [0.4, 0.5) is 27.5 Å². The van der Waals surface area contributed by atoms with Crippen LogP contribution in [0.25, 0.3) is 0 Å². The number of aliphatic imine (C=N–C) groups is 1. The first-order valence-electron chi connectivity index (χ1n) is 33.0. The Morgan fingerprint density at radius 3 is 2.03 bits per heavy atom. The smallest absolute Gasteiger partial charge is 0.416 e. The van der Waals surface area contributed by atoms with Crippen molar-refractivity contribution in [3.63, 3.8) is 0 Å². The van der Waals surface area contributed by atoms with E-state index in [0.29, 0.717) is 64.6 Å². The molecule has 12 rings (SSSR count). The fourth-order valence-corrected chi connectivity index (χ4v) is 13.3. The first-order valence-corrected chi connectivity index (χ1v) is 33.0. The maximum Gasteiger partial charge on any atom is 0.416 e. The number of Topliss-reactive ketones (excluding diaryl/α,β-unsaturated/α-hetero) is 1. The lowest BCUT2D eigenvalue weighted by molar-refractivity contribution is -0.132. The monoisotopic (exact) mass is 1320 g/mol. The number of carbonyl (C=O) groups excluding carboxylic acids is 9. The summed E-state index contributed by atoms with van der Waals surface area (Å²) in [6.07, 6.45) is 4.72. The third kappa shape index (κ3) is 14.8. The molecule has 2 saturated heterocycles. The van der Waals surface area contributed by atoms with Gasteiger partial charge in [0, 0.05) is 80.4 Å². The van der Waals surface area contributed by atoms with Crippen molar-refractivity contribution < 1.29 is 71.9 Å². The Labute approximate surface area is 561 Å². The fraction of sp³-hybridized carbons (Fsp3) is 0.425. The topological polar surface area (TPSA) is 293 Å². The van der Waals surface area contributed by atoms with Crippen LogP contribution in [0.1, 0.15) is 134 Å². The van der Waals surface area contributed by atoms with Crippen LogP contribution in [-0.4, -0.2) is 152 Å². The highest BCUT2D eigenvalue weighted by molar-refractivity contribution is 6.07. The van der Waals surface area contributed by atoms with E-state index >= 15 is 0 Å². The second-order valence-electron chi connectivity index (χ2n) is 26.5. The minimum atomic E-state index is -1.49. The lowest BCUT2D eigenvalue weighted by Gasteiger charge is -2.31. The molecule has 5 atom stereocenters. The number of fused-ring (bicyclic) bond motifs is 6. The highest BCUT2D eigenvalue weighted by Crippen LogP contribution is 2.58. The lowest BCUT2D eigenvalue weighted by atomic mass is 10.0. The van der Waals surface area contributed by atoms with Crippen molar-refractivity contribution in [3.05, 3.63) is 130 Å². The molecule has 5 aromatic carbocycles. The molecular formula is C73H79N9O15. The van der Waals surface area contributed by atoms with Crippen LogP contribution in [0.2, 0.25) is 0 Å². The van der Waals surface area contributed by atoms with Gasteiger partial charge in [0.05, 0.1) is 80.8 Å². The number of hydrogen-bond donors (Lipinski definition) is 5. The summed E-state index contributed by atoms with van der Waals surface area (Å²) in [7, 11) is 2.96. The van der Waals surface area contributed by atoms with E-state index in [0.717, 1.165) is 54.7 Å². The Morgan fingerprint density at radius 2 is 1.32 bits per heavy atom. The number of nitrogens with zero attached hydrogens (tertiary/aromatic N) is 5. The average molecular weight is 1320 g/mol. The third-order valence-electron chi connectivity index (χ3n) is 19.3. The van der Waals surface area contributed by atoms with Crippen LogP contribution in [-0.2, 0) is 46.7 Å². The summed E-state index contributed by atoms with van der Waals surface area (Å²) in [4.78, 5) is 133. The molecule has 24 heteroatoms. The summed E-state index contributed by atoms with van der Waals surface area (Å²) >= 11 is 0. The number of carbonyl (C=O) groups is 9. The van der Waals surface area contributed by atoms with E-state index in [1.807, 2.05) is 59.6 Å². The zero-order valence-corrected chi connectivity index (χ0v) is 54.9. The van der Waals surface area contributed by atoms with E-state index in [4.69, 9.17) is 28.7 Å². The number of methoxy groups -OCH3 is 2. The fourth-order valence-electron chi connectivity index (χ4n) is 13.3. The van der Waals surface area contributed by atoms with Crippen molar-refractivity contribution in [2.24, 2.45) is 21.7 Å². The molecular weight excluding hydrogens is 1240 g/mol. The van der Waals surface area contributed by atoms with Gasteiger partial charge in [-0.25, -0.2) is 9.69 Å². The van der Waals surface area contributed by atoms with Crippen LogP contribution in [0.5, 0.6) is 23.0 Å². The van der Waals surface area contributed by atoms with Crippen LogP contribution in [0, 0.1) is 28.6 Å². The molecule has 5 aliphatic heterocycles. The predicted molar refractivity (Wildman–Crippen MR) is 357 cm³/mol. The Morgan fingerprint density at radius 1 is 0.680 bits per heavy atom. The molecule has 1 unspecified atom stereocenters. The number of hydrogen-bond acceptors (Lipinski definition) is 16. The Bertz CT molecular complexity index is 4060. The van der Waals surface area contributed by atoms with Crippen LogP contribution in [0.15, 0.2) is 102 Å². The van der Waals surface area contributed by atoms with Crippen molar-refractivity contribution in [3.8, 4) is 34.8 Å². The normalized spacial score (nSPS) is 19.1. The Balaban J connectivity index is 0.603. The number of rotatable bonds is 24. The Hall–Kier alpha value is -10.3. The van der Waals surface area contributed by atoms with Gasteiger partial charge in [0.2, 0.25) is 29.5 Å². The second-order valence-corrected chi connectivity index (χ2v) is 26.5. The number of aliphatic hydroxyl groups excluding tert-OH is 1. The highest BCUT2D eigenvalue weighted by Gasteiger charge is 2.58. The molecule has 0 aromatic heterocycles. The van der Waals surface area contributed by atoms with Gasteiger partial charge in [0.25, 0.3) is 11.8 Å². The molecule has 2 aliphatic carbocycles. The molecule has 506 valence electrons. The zero-order valence-electron chi connectivity index (χ0n) is 54.9. The van der Waals surface area contributed by atoms with Gasteiger partial charge >= 0.3 is 6.09 Å². The van der Waals surface area contributed by atoms with Gasteiger partial charge in [-0.1, -0.05) is 68.2 Å². The molecule has 0 bridgehead atoms. The summed E-state index contributed by atoms with van der Waals surface area (Å²) < 4.78 is 29.7. The zero-order chi connectivity index (χ0) is 68.3. The molecule has 97 heavy (non-hydrogen) atoms. The van der Waals surface area contributed by atoms with Crippen molar-refractivity contribution in [1.29, 1.82) is 0 Å². The molecule has 0 radical (unpaired) electrons. The van der Waals surface area contributed by atoms with E-state index in [1.54, 1.807) is 60.0 Å². The third-order valence-corrected chi connectivity index (χ3v) is 19.3. The molecule has 2 spiro atoms. The number of ketones is 1. The highest BCUT2D eigenvalue weighted by atomic mass is 16.6.